The van der Waals surface area contributed by atoms with Crippen molar-refractivity contribution in [1.29, 1.82) is 0 Å². The molecular formula is C18H14BrClFN3O. The van der Waals surface area contributed by atoms with E-state index in [1.54, 1.807) is 47.1 Å². The summed E-state index contributed by atoms with van der Waals surface area (Å²) in [5.41, 5.74) is 1.67. The van der Waals surface area contributed by atoms with Crippen LogP contribution in [0, 0.1) is 12.7 Å². The predicted molar refractivity (Wildman–Crippen MR) is 99.6 cm³/mol. The van der Waals surface area contributed by atoms with Gasteiger partial charge in [-0.15, -0.1) is 0 Å². The van der Waals surface area contributed by atoms with Gasteiger partial charge in [-0.2, -0.15) is 5.10 Å². The molecular weight excluding hydrogens is 409 g/mol. The van der Waals surface area contributed by atoms with Gasteiger partial charge in [-0.3, -0.25) is 9.48 Å². The smallest absolute Gasteiger partial charge is 0.256 e. The highest BCUT2D eigenvalue weighted by Gasteiger charge is 2.13. The number of halogens is 3. The summed E-state index contributed by atoms with van der Waals surface area (Å²) in [6.45, 7) is 2.02. The molecule has 0 atom stereocenters. The van der Waals surface area contributed by atoms with Crippen LogP contribution in [0.1, 0.15) is 21.6 Å². The van der Waals surface area contributed by atoms with E-state index < -0.39 is 0 Å². The van der Waals surface area contributed by atoms with E-state index in [1.807, 2.05) is 6.92 Å². The van der Waals surface area contributed by atoms with Gasteiger partial charge in [0.05, 0.1) is 6.54 Å². The second kappa shape index (κ2) is 7.37. The Balaban J connectivity index is 1.78. The van der Waals surface area contributed by atoms with Gasteiger partial charge in [0.25, 0.3) is 5.91 Å². The predicted octanol–water partition coefficient (Wildman–Crippen LogP) is 5.05. The van der Waals surface area contributed by atoms with E-state index in [0.29, 0.717) is 22.0 Å². The highest BCUT2D eigenvalue weighted by molar-refractivity contribution is 9.10. The van der Waals surface area contributed by atoms with E-state index >= 15 is 0 Å². The Labute approximate surface area is 157 Å². The summed E-state index contributed by atoms with van der Waals surface area (Å²) in [7, 11) is 0. The van der Waals surface area contributed by atoms with Gasteiger partial charge in [-0.25, -0.2) is 4.39 Å². The third-order valence-corrected chi connectivity index (χ3v) is 4.58. The lowest BCUT2D eigenvalue weighted by molar-refractivity contribution is 0.102. The number of carbonyl (C=O) groups excluding carboxylic acids is 1. The van der Waals surface area contributed by atoms with Crippen molar-refractivity contribution in [3.05, 3.63) is 80.7 Å². The average Bonchev–Trinajstić information content (AvgIpc) is 2.91. The number of hydrogen-bond acceptors (Lipinski definition) is 2. The number of amides is 1. The molecule has 4 nitrogen and oxygen atoms in total. The number of aryl methyl sites for hydroxylation is 1. The molecule has 0 aliphatic heterocycles. The van der Waals surface area contributed by atoms with Crippen LogP contribution in [-0.2, 0) is 6.54 Å². The normalized spacial score (nSPS) is 10.7. The van der Waals surface area contributed by atoms with Crippen molar-refractivity contribution in [2.24, 2.45) is 0 Å². The Kier molecular flexibility index (Phi) is 5.20. The maximum Gasteiger partial charge on any atom is 0.256 e. The minimum atomic E-state index is -0.386. The molecule has 25 heavy (non-hydrogen) atoms. The Hall–Kier alpha value is -2.18. The highest BCUT2D eigenvalue weighted by atomic mass is 79.9. The average molecular weight is 423 g/mol. The van der Waals surface area contributed by atoms with Crippen molar-refractivity contribution in [2.75, 3.05) is 5.32 Å². The molecule has 3 aromatic rings. The molecule has 0 saturated carbocycles. The molecule has 1 aromatic heterocycles. The molecule has 2 aromatic carbocycles. The van der Waals surface area contributed by atoms with Crippen LogP contribution >= 0.6 is 27.5 Å². The molecule has 3 rings (SSSR count). The third kappa shape index (κ3) is 4.08. The van der Waals surface area contributed by atoms with Crippen LogP contribution in [0.5, 0.6) is 0 Å². The topological polar surface area (TPSA) is 46.9 Å². The van der Waals surface area contributed by atoms with Gasteiger partial charge < -0.3 is 5.32 Å². The fourth-order valence-corrected chi connectivity index (χ4v) is 2.84. The summed E-state index contributed by atoms with van der Waals surface area (Å²) >= 11 is 9.39. The van der Waals surface area contributed by atoms with Crippen molar-refractivity contribution < 1.29 is 9.18 Å². The number of nitrogens with zero attached hydrogens (tertiary/aromatic N) is 2. The summed E-state index contributed by atoms with van der Waals surface area (Å²) < 4.78 is 16.4. The van der Waals surface area contributed by atoms with Crippen LogP contribution in [0.15, 0.2) is 53.0 Å². The SMILES string of the molecule is Cc1cc(NC(=O)c2ccc(Br)cc2)nn1Cc1c(F)cccc1Cl. The summed E-state index contributed by atoms with van der Waals surface area (Å²) in [4.78, 5) is 12.3. The van der Waals surface area contributed by atoms with Crippen molar-refractivity contribution in [2.45, 2.75) is 13.5 Å². The summed E-state index contributed by atoms with van der Waals surface area (Å²) in [6, 6.07) is 13.3. The van der Waals surface area contributed by atoms with Crippen molar-refractivity contribution in [3.8, 4) is 0 Å². The minimum absolute atomic E-state index is 0.186. The van der Waals surface area contributed by atoms with Crippen molar-refractivity contribution in [3.63, 3.8) is 0 Å². The molecule has 0 fully saturated rings. The molecule has 0 spiro atoms. The monoisotopic (exact) mass is 421 g/mol. The molecule has 1 heterocycles. The summed E-state index contributed by atoms with van der Waals surface area (Å²) in [6.07, 6.45) is 0. The zero-order valence-electron chi connectivity index (χ0n) is 13.3. The van der Waals surface area contributed by atoms with E-state index in [1.165, 1.54) is 6.07 Å². The molecule has 0 radical (unpaired) electrons. The van der Waals surface area contributed by atoms with Crippen LogP contribution in [0.25, 0.3) is 0 Å². The van der Waals surface area contributed by atoms with Gasteiger partial charge in [-0.1, -0.05) is 33.6 Å². The fraction of sp³-hybridized carbons (Fsp3) is 0.111. The zero-order valence-corrected chi connectivity index (χ0v) is 15.6. The zero-order chi connectivity index (χ0) is 18.0. The van der Waals surface area contributed by atoms with Crippen LogP contribution in [-0.4, -0.2) is 15.7 Å². The minimum Gasteiger partial charge on any atom is -0.305 e. The molecule has 0 unspecified atom stereocenters. The summed E-state index contributed by atoms with van der Waals surface area (Å²) in [5.74, 6) is -0.248. The number of rotatable bonds is 4. The van der Waals surface area contributed by atoms with Crippen molar-refractivity contribution in [1.82, 2.24) is 9.78 Å². The molecule has 128 valence electrons. The lowest BCUT2D eigenvalue weighted by Gasteiger charge is -2.07. The second-order valence-corrected chi connectivity index (χ2v) is 6.81. The molecule has 0 bridgehead atoms. The Morgan fingerprint density at radius 2 is 2.00 bits per heavy atom. The van der Waals surface area contributed by atoms with Gasteiger partial charge >= 0.3 is 0 Å². The standard InChI is InChI=1S/C18H14BrClFN3O/c1-11-9-17(22-18(25)12-5-7-13(19)8-6-12)23-24(11)10-14-15(20)3-2-4-16(14)21/h2-9H,10H2,1H3,(H,22,23,25). The first-order valence-corrected chi connectivity index (χ1v) is 8.65. The quantitative estimate of drug-likeness (QED) is 0.640. The van der Waals surface area contributed by atoms with E-state index in [-0.39, 0.29) is 18.3 Å². The first-order chi connectivity index (χ1) is 11.9. The van der Waals surface area contributed by atoms with E-state index in [2.05, 4.69) is 26.3 Å². The van der Waals surface area contributed by atoms with Crippen LogP contribution < -0.4 is 5.32 Å². The third-order valence-electron chi connectivity index (χ3n) is 3.70. The Bertz CT molecular complexity index is 904. The first-order valence-electron chi connectivity index (χ1n) is 7.48. The molecule has 1 amide bonds. The number of benzene rings is 2. The Morgan fingerprint density at radius 3 is 2.68 bits per heavy atom. The lowest BCUT2D eigenvalue weighted by atomic mass is 10.2. The molecule has 0 aliphatic carbocycles. The largest absolute Gasteiger partial charge is 0.305 e. The van der Waals surface area contributed by atoms with Gasteiger partial charge in [0.2, 0.25) is 0 Å². The second-order valence-electron chi connectivity index (χ2n) is 5.49. The van der Waals surface area contributed by atoms with Gasteiger partial charge in [-0.05, 0) is 43.3 Å². The van der Waals surface area contributed by atoms with Crippen LogP contribution in [0.3, 0.4) is 0 Å². The van der Waals surface area contributed by atoms with Crippen LogP contribution in [0.2, 0.25) is 5.02 Å². The summed E-state index contributed by atoms with van der Waals surface area (Å²) in [5, 5.41) is 7.40. The maximum absolute atomic E-state index is 13.9. The highest BCUT2D eigenvalue weighted by Crippen LogP contribution is 2.21. The van der Waals surface area contributed by atoms with E-state index in [0.717, 1.165) is 10.2 Å². The molecule has 1 N–H and O–H groups in total. The number of anilines is 1. The van der Waals surface area contributed by atoms with E-state index in [9.17, 15) is 9.18 Å². The molecule has 7 heteroatoms. The van der Waals surface area contributed by atoms with E-state index in [4.69, 9.17) is 11.6 Å². The molecule has 0 aliphatic rings. The van der Waals surface area contributed by atoms with Gasteiger partial charge in [0.15, 0.2) is 5.82 Å². The lowest BCUT2D eigenvalue weighted by Crippen LogP contribution is -2.13. The fourth-order valence-electron chi connectivity index (χ4n) is 2.35. The van der Waals surface area contributed by atoms with Gasteiger partial charge in [0.1, 0.15) is 5.82 Å². The number of carbonyl (C=O) groups is 1. The number of aromatic nitrogens is 2. The van der Waals surface area contributed by atoms with Gasteiger partial charge in [0, 0.05) is 32.4 Å². The first kappa shape index (κ1) is 17.6. The van der Waals surface area contributed by atoms with Crippen LogP contribution in [0.4, 0.5) is 10.2 Å². The maximum atomic E-state index is 13.9. The molecule has 0 saturated heterocycles. The van der Waals surface area contributed by atoms with Crippen molar-refractivity contribution >= 4 is 39.3 Å². The number of nitrogens with one attached hydrogen (secondary N) is 1. The number of hydrogen-bond donors (Lipinski definition) is 1. The Morgan fingerprint density at radius 1 is 1.28 bits per heavy atom.